The Morgan fingerprint density at radius 3 is 1.27 bits per heavy atom. The molecule has 4 aromatic rings. The van der Waals surface area contributed by atoms with Crippen LogP contribution < -0.4 is 0 Å². The van der Waals surface area contributed by atoms with E-state index in [1.807, 2.05) is 0 Å². The van der Waals surface area contributed by atoms with Crippen molar-refractivity contribution in [3.8, 4) is 11.4 Å². The summed E-state index contributed by atoms with van der Waals surface area (Å²) in [7, 11) is 0. The van der Waals surface area contributed by atoms with Crippen LogP contribution in [0.15, 0.2) is 84.9 Å². The minimum absolute atomic E-state index is 1.19. The SMILES string of the molecule is [Ir+]=[c]1n(-c2ccccc2)c2ccccc2n1-c1ccccc1. The molecule has 0 amide bonds. The van der Waals surface area contributed by atoms with Crippen molar-refractivity contribution in [1.82, 2.24) is 9.13 Å². The third-order valence-corrected chi connectivity index (χ3v) is 4.81. The first kappa shape index (κ1) is 13.4. The van der Waals surface area contributed by atoms with Gasteiger partial charge in [-0.15, -0.1) is 0 Å². The number of para-hydroxylation sites is 4. The molecule has 3 aromatic carbocycles. The van der Waals surface area contributed by atoms with Gasteiger partial charge in [-0.2, -0.15) is 0 Å². The van der Waals surface area contributed by atoms with Crippen LogP contribution in [0.25, 0.3) is 22.4 Å². The van der Waals surface area contributed by atoms with Crippen molar-refractivity contribution < 1.29 is 18.4 Å². The molecule has 0 N–H and O–H groups in total. The third-order valence-electron chi connectivity index (χ3n) is 3.74. The Bertz CT molecular complexity index is 903. The quantitative estimate of drug-likeness (QED) is 0.415. The maximum atomic E-state index is 2.31. The molecule has 4 rings (SSSR count). The van der Waals surface area contributed by atoms with Crippen molar-refractivity contribution in [3.05, 3.63) is 88.9 Å². The van der Waals surface area contributed by atoms with Gasteiger partial charge >= 0.3 is 139 Å². The second-order valence-corrected chi connectivity index (χ2v) is 6.15. The van der Waals surface area contributed by atoms with Gasteiger partial charge in [0.1, 0.15) is 0 Å². The summed E-state index contributed by atoms with van der Waals surface area (Å²) in [5.41, 5.74) is 4.81. The molecule has 0 saturated carbocycles. The van der Waals surface area contributed by atoms with Crippen molar-refractivity contribution in [2.45, 2.75) is 0 Å². The van der Waals surface area contributed by atoms with Crippen molar-refractivity contribution in [3.63, 3.8) is 0 Å². The normalized spacial score (nSPS) is 11.0. The molecule has 0 aliphatic carbocycles. The van der Waals surface area contributed by atoms with E-state index >= 15 is 0 Å². The van der Waals surface area contributed by atoms with Gasteiger partial charge in [0.15, 0.2) is 0 Å². The molecule has 0 fully saturated rings. The first-order valence-electron chi connectivity index (χ1n) is 7.16. The van der Waals surface area contributed by atoms with Gasteiger partial charge in [0.25, 0.3) is 0 Å². The molecule has 0 atom stereocenters. The van der Waals surface area contributed by atoms with E-state index in [1.54, 1.807) is 0 Å². The van der Waals surface area contributed by atoms with E-state index in [0.29, 0.717) is 0 Å². The Balaban J connectivity index is 2.12. The topological polar surface area (TPSA) is 9.86 Å². The zero-order chi connectivity index (χ0) is 14.9. The van der Waals surface area contributed by atoms with Crippen LogP contribution in [0.3, 0.4) is 0 Å². The Kier molecular flexibility index (Phi) is 3.38. The Labute approximate surface area is 138 Å². The fraction of sp³-hybridized carbons (Fsp3) is 0. The first-order valence-corrected chi connectivity index (χ1v) is 8.35. The predicted octanol–water partition coefficient (Wildman–Crippen LogP) is 4.50. The summed E-state index contributed by atoms with van der Waals surface area (Å²) in [6, 6.07) is 29.6. The third kappa shape index (κ3) is 2.10. The van der Waals surface area contributed by atoms with Gasteiger partial charge < -0.3 is 0 Å². The van der Waals surface area contributed by atoms with Crippen LogP contribution in [0, 0.1) is 3.93 Å². The van der Waals surface area contributed by atoms with E-state index in [4.69, 9.17) is 0 Å². The van der Waals surface area contributed by atoms with Crippen LogP contribution in [0.5, 0.6) is 0 Å². The molecular weight excluding hydrogens is 448 g/mol. The van der Waals surface area contributed by atoms with Crippen LogP contribution in [0.4, 0.5) is 0 Å². The van der Waals surface area contributed by atoms with Gasteiger partial charge in [-0.1, -0.05) is 0 Å². The van der Waals surface area contributed by atoms with Crippen molar-refractivity contribution in [2.24, 2.45) is 0 Å². The fourth-order valence-electron chi connectivity index (χ4n) is 2.76. The summed E-state index contributed by atoms with van der Waals surface area (Å²) in [6.45, 7) is 0. The van der Waals surface area contributed by atoms with E-state index in [0.717, 1.165) is 0 Å². The molecule has 2 nitrogen and oxygen atoms in total. The standard InChI is InChI=1S/C19H14N2.Ir/c1-3-9-16(10-4-1)20-15-21(17-11-5-2-6-12-17)19-14-8-7-13-18(19)20;/h1-14H;/q;+1. The Morgan fingerprint density at radius 2 is 0.864 bits per heavy atom. The van der Waals surface area contributed by atoms with Gasteiger partial charge in [0.2, 0.25) is 0 Å². The summed E-state index contributed by atoms with van der Waals surface area (Å²) in [5.74, 6) is 0. The van der Waals surface area contributed by atoms with Gasteiger partial charge in [-0.3, -0.25) is 0 Å². The maximum absolute atomic E-state index is 2.31. The van der Waals surface area contributed by atoms with E-state index in [9.17, 15) is 0 Å². The number of hydrogen-bond acceptors (Lipinski definition) is 0. The van der Waals surface area contributed by atoms with E-state index in [-0.39, 0.29) is 0 Å². The van der Waals surface area contributed by atoms with Gasteiger partial charge in [0, 0.05) is 0 Å². The van der Waals surface area contributed by atoms with Crippen LogP contribution in [0.2, 0.25) is 0 Å². The van der Waals surface area contributed by atoms with Crippen molar-refractivity contribution in [2.75, 3.05) is 0 Å². The second-order valence-electron chi connectivity index (χ2n) is 5.08. The van der Waals surface area contributed by atoms with E-state index in [1.165, 1.54) is 26.3 Å². The number of nitrogens with zero attached hydrogens (tertiary/aromatic N) is 2. The Morgan fingerprint density at radius 1 is 0.500 bits per heavy atom. The summed E-state index contributed by atoms with van der Waals surface area (Å²) < 4.78 is 5.81. The monoisotopic (exact) mass is 463 g/mol. The van der Waals surface area contributed by atoms with Gasteiger partial charge in [-0.05, 0) is 0 Å². The number of benzene rings is 3. The zero-order valence-electron chi connectivity index (χ0n) is 11.8. The predicted molar refractivity (Wildman–Crippen MR) is 85.8 cm³/mol. The molecule has 1 heterocycles. The molecule has 0 bridgehead atoms. The molecular formula is C19H14IrN2+. The number of fused-ring (bicyclic) bond motifs is 1. The summed E-state index contributed by atoms with van der Waals surface area (Å²) in [6.07, 6.45) is 0. The van der Waals surface area contributed by atoms with Crippen LogP contribution >= 0.6 is 0 Å². The molecule has 22 heavy (non-hydrogen) atoms. The van der Waals surface area contributed by atoms with E-state index < -0.39 is 0 Å². The first-order chi connectivity index (χ1) is 10.9. The molecule has 0 spiro atoms. The fourth-order valence-corrected chi connectivity index (χ4v) is 3.96. The molecule has 0 saturated heterocycles. The summed E-state index contributed by atoms with van der Waals surface area (Å²) >= 11 is 2.17. The number of rotatable bonds is 2. The molecule has 3 heteroatoms. The average Bonchev–Trinajstić information content (AvgIpc) is 2.88. The Hall–Kier alpha value is -2.22. The summed E-state index contributed by atoms with van der Waals surface area (Å²) in [4.78, 5) is 0. The van der Waals surface area contributed by atoms with Crippen molar-refractivity contribution in [1.29, 1.82) is 0 Å². The molecule has 0 unspecified atom stereocenters. The number of hydrogen-bond donors (Lipinski definition) is 0. The molecule has 0 aliphatic heterocycles. The minimum atomic E-state index is 1.19. The van der Waals surface area contributed by atoms with Gasteiger partial charge in [-0.25, -0.2) is 0 Å². The number of imidazole rings is 1. The van der Waals surface area contributed by atoms with Crippen LogP contribution in [0.1, 0.15) is 0 Å². The summed E-state index contributed by atoms with van der Waals surface area (Å²) in [5, 5.41) is 0. The van der Waals surface area contributed by atoms with Crippen LogP contribution in [-0.2, 0) is 18.4 Å². The second kappa shape index (κ2) is 5.52. The van der Waals surface area contributed by atoms with Crippen LogP contribution in [-0.4, -0.2) is 9.13 Å². The van der Waals surface area contributed by atoms with Gasteiger partial charge in [0.05, 0.1) is 0 Å². The zero-order valence-corrected chi connectivity index (χ0v) is 14.2. The average molecular weight is 463 g/mol. The van der Waals surface area contributed by atoms with E-state index in [2.05, 4.69) is 113 Å². The molecule has 108 valence electrons. The molecule has 0 radical (unpaired) electrons. The molecule has 1 aromatic heterocycles. The molecule has 0 aliphatic rings. The van der Waals surface area contributed by atoms with Crippen molar-refractivity contribution >= 4 is 11.0 Å². The number of aromatic nitrogens is 2.